The van der Waals surface area contributed by atoms with Crippen molar-refractivity contribution >= 4 is 5.82 Å². The van der Waals surface area contributed by atoms with E-state index in [4.69, 9.17) is 10.5 Å². The molecule has 5 N–H and O–H groups in total. The van der Waals surface area contributed by atoms with Gasteiger partial charge < -0.3 is 25.8 Å². The van der Waals surface area contributed by atoms with Crippen molar-refractivity contribution in [2.24, 2.45) is 0 Å². The lowest BCUT2D eigenvalue weighted by Gasteiger charge is -2.17. The molecule has 2 heterocycles. The predicted molar refractivity (Wildman–Crippen MR) is 60.5 cm³/mol. The smallest absolute Gasteiger partial charge is 0.351 e. The lowest BCUT2D eigenvalue weighted by Crippen LogP contribution is -2.38. The summed E-state index contributed by atoms with van der Waals surface area (Å²) in [4.78, 5) is 15.1. The van der Waals surface area contributed by atoms with Crippen LogP contribution in [0.1, 0.15) is 13.2 Å². The molecule has 1 aromatic heterocycles. The second-order valence-electron chi connectivity index (χ2n) is 4.26. The molecule has 5 atom stereocenters. The first-order valence-electron chi connectivity index (χ1n) is 5.46. The van der Waals surface area contributed by atoms with Crippen molar-refractivity contribution in [1.29, 1.82) is 0 Å². The van der Waals surface area contributed by atoms with Crippen molar-refractivity contribution in [3.05, 3.63) is 22.7 Å². The molecule has 0 saturated carbocycles. The summed E-state index contributed by atoms with van der Waals surface area (Å²) in [6, 6.07) is 1.37. The van der Waals surface area contributed by atoms with Crippen LogP contribution in [0.15, 0.2) is 17.1 Å². The predicted octanol–water partition coefficient (Wildman–Crippen LogP) is -2.17. The Kier molecular flexibility index (Phi) is 3.35. The zero-order valence-electron chi connectivity index (χ0n) is 9.67. The van der Waals surface area contributed by atoms with Crippen LogP contribution in [0, 0.1) is 0 Å². The van der Waals surface area contributed by atoms with E-state index in [1.807, 2.05) is 0 Å². The molecule has 1 fully saturated rings. The molecule has 0 bridgehead atoms. The fraction of sp³-hybridized carbons (Fsp3) is 0.600. The fourth-order valence-corrected chi connectivity index (χ4v) is 1.93. The minimum atomic E-state index is -1.33. The first-order valence-corrected chi connectivity index (χ1v) is 5.46. The highest BCUT2D eigenvalue weighted by atomic mass is 16.6. The zero-order chi connectivity index (χ0) is 13.4. The topological polar surface area (TPSA) is 131 Å². The van der Waals surface area contributed by atoms with Gasteiger partial charge in [0, 0.05) is 6.20 Å². The van der Waals surface area contributed by atoms with Crippen LogP contribution in [0.2, 0.25) is 0 Å². The van der Waals surface area contributed by atoms with Crippen molar-refractivity contribution in [1.82, 2.24) is 9.55 Å². The van der Waals surface area contributed by atoms with Crippen molar-refractivity contribution in [3.63, 3.8) is 0 Å². The molecular weight excluding hydrogens is 242 g/mol. The van der Waals surface area contributed by atoms with E-state index in [9.17, 15) is 20.1 Å². The van der Waals surface area contributed by atoms with Crippen LogP contribution in [-0.4, -0.2) is 49.3 Å². The molecule has 18 heavy (non-hydrogen) atoms. The fourth-order valence-electron chi connectivity index (χ4n) is 1.93. The Hall–Kier alpha value is -1.48. The molecule has 0 aliphatic carbocycles. The van der Waals surface area contributed by atoms with Crippen LogP contribution in [-0.2, 0) is 4.74 Å². The molecule has 0 radical (unpaired) electrons. The number of hydrogen-bond donors (Lipinski definition) is 4. The third kappa shape index (κ3) is 2.10. The molecule has 0 aromatic carbocycles. The van der Waals surface area contributed by atoms with E-state index in [1.54, 1.807) is 0 Å². The van der Waals surface area contributed by atoms with Gasteiger partial charge in [-0.25, -0.2) is 4.79 Å². The number of ether oxygens (including phenoxy) is 1. The van der Waals surface area contributed by atoms with Crippen LogP contribution in [0.3, 0.4) is 0 Å². The standard InChI is InChI=1S/C10H15N3O5/c1-4(14)8-6(15)7(16)9(18-8)13-3-2-5(11)12-10(13)17/h2-4,6-9,14-16H,1H3,(H2,11,12,17)/t4?,6?,7?,8-,9-/m1/s1. The summed E-state index contributed by atoms with van der Waals surface area (Å²) in [5.74, 6) is 0.0522. The highest BCUT2D eigenvalue weighted by molar-refractivity contribution is 5.23. The Morgan fingerprint density at radius 3 is 2.67 bits per heavy atom. The SMILES string of the molecule is CC(O)[C@H]1O[C@@H](n2ccc(N)nc2=O)C(O)C1O. The number of aliphatic hydroxyl groups excluding tert-OH is 3. The largest absolute Gasteiger partial charge is 0.391 e. The number of nitrogens with zero attached hydrogens (tertiary/aromatic N) is 2. The molecule has 8 heteroatoms. The van der Waals surface area contributed by atoms with E-state index in [2.05, 4.69) is 4.98 Å². The molecule has 1 saturated heterocycles. The first-order chi connectivity index (χ1) is 8.41. The molecule has 100 valence electrons. The molecular formula is C10H15N3O5. The van der Waals surface area contributed by atoms with Crippen LogP contribution < -0.4 is 11.4 Å². The van der Waals surface area contributed by atoms with Gasteiger partial charge in [-0.2, -0.15) is 4.98 Å². The molecule has 8 nitrogen and oxygen atoms in total. The van der Waals surface area contributed by atoms with Crippen molar-refractivity contribution < 1.29 is 20.1 Å². The summed E-state index contributed by atoms with van der Waals surface area (Å²) < 4.78 is 6.31. The lowest BCUT2D eigenvalue weighted by atomic mass is 10.1. The quantitative estimate of drug-likeness (QED) is 0.474. The summed E-state index contributed by atoms with van der Waals surface area (Å²) in [6.45, 7) is 1.42. The number of nitrogens with two attached hydrogens (primary N) is 1. The molecule has 3 unspecified atom stereocenters. The third-order valence-electron chi connectivity index (χ3n) is 2.88. The van der Waals surface area contributed by atoms with Gasteiger partial charge in [0.1, 0.15) is 24.1 Å². The van der Waals surface area contributed by atoms with Gasteiger partial charge in [0.15, 0.2) is 6.23 Å². The summed E-state index contributed by atoms with van der Waals surface area (Å²) in [6.07, 6.45) is -4.32. The van der Waals surface area contributed by atoms with Gasteiger partial charge in [-0.3, -0.25) is 4.57 Å². The normalized spacial score (nSPS) is 33.6. The van der Waals surface area contributed by atoms with Crippen molar-refractivity contribution in [2.45, 2.75) is 37.6 Å². The Morgan fingerprint density at radius 1 is 1.50 bits per heavy atom. The van der Waals surface area contributed by atoms with E-state index < -0.39 is 36.3 Å². The Balaban J connectivity index is 2.32. The Morgan fingerprint density at radius 2 is 2.17 bits per heavy atom. The zero-order valence-corrected chi connectivity index (χ0v) is 9.67. The number of aliphatic hydroxyl groups is 3. The molecule has 1 aromatic rings. The van der Waals surface area contributed by atoms with Crippen LogP contribution in [0.4, 0.5) is 5.82 Å². The van der Waals surface area contributed by atoms with E-state index in [0.717, 1.165) is 4.57 Å². The summed E-state index contributed by atoms with van der Waals surface area (Å²) in [7, 11) is 0. The van der Waals surface area contributed by atoms with Crippen LogP contribution >= 0.6 is 0 Å². The molecule has 1 aliphatic rings. The first kappa shape index (κ1) is 13.0. The van der Waals surface area contributed by atoms with Gasteiger partial charge in [0.05, 0.1) is 6.10 Å². The van der Waals surface area contributed by atoms with Crippen molar-refractivity contribution in [3.8, 4) is 0 Å². The molecule has 1 aliphatic heterocycles. The van der Waals surface area contributed by atoms with E-state index in [-0.39, 0.29) is 5.82 Å². The average Bonchev–Trinajstić information content (AvgIpc) is 2.57. The maximum atomic E-state index is 11.6. The second kappa shape index (κ2) is 4.65. The number of anilines is 1. The lowest BCUT2D eigenvalue weighted by molar-refractivity contribution is -0.0803. The van der Waals surface area contributed by atoms with Crippen molar-refractivity contribution in [2.75, 3.05) is 5.73 Å². The van der Waals surface area contributed by atoms with Gasteiger partial charge in [-0.05, 0) is 13.0 Å². The van der Waals surface area contributed by atoms with Crippen LogP contribution in [0.5, 0.6) is 0 Å². The summed E-state index contributed by atoms with van der Waals surface area (Å²) in [5, 5.41) is 28.9. The van der Waals surface area contributed by atoms with Gasteiger partial charge in [-0.1, -0.05) is 0 Å². The number of aromatic nitrogens is 2. The van der Waals surface area contributed by atoms with E-state index >= 15 is 0 Å². The highest BCUT2D eigenvalue weighted by Gasteiger charge is 2.46. The number of nitrogen functional groups attached to an aromatic ring is 1. The van der Waals surface area contributed by atoms with Crippen LogP contribution in [0.25, 0.3) is 0 Å². The van der Waals surface area contributed by atoms with E-state index in [1.165, 1.54) is 19.2 Å². The monoisotopic (exact) mass is 257 g/mol. The third-order valence-corrected chi connectivity index (χ3v) is 2.88. The average molecular weight is 257 g/mol. The molecule has 0 amide bonds. The Bertz CT molecular complexity index is 489. The maximum Gasteiger partial charge on any atom is 0.351 e. The van der Waals surface area contributed by atoms with E-state index in [0.29, 0.717) is 0 Å². The van der Waals surface area contributed by atoms with Gasteiger partial charge in [0.25, 0.3) is 0 Å². The van der Waals surface area contributed by atoms with Gasteiger partial charge in [0.2, 0.25) is 0 Å². The molecule has 2 rings (SSSR count). The Labute approximate surface area is 102 Å². The second-order valence-corrected chi connectivity index (χ2v) is 4.26. The maximum absolute atomic E-state index is 11.6. The summed E-state index contributed by atoms with van der Waals surface area (Å²) in [5.41, 5.74) is 4.65. The minimum Gasteiger partial charge on any atom is -0.391 e. The number of rotatable bonds is 2. The molecule has 0 spiro atoms. The van der Waals surface area contributed by atoms with Gasteiger partial charge >= 0.3 is 5.69 Å². The number of hydrogen-bond acceptors (Lipinski definition) is 7. The minimum absolute atomic E-state index is 0.0522. The highest BCUT2D eigenvalue weighted by Crippen LogP contribution is 2.29. The van der Waals surface area contributed by atoms with Gasteiger partial charge in [-0.15, -0.1) is 0 Å². The summed E-state index contributed by atoms with van der Waals surface area (Å²) >= 11 is 0.